The second-order valence-corrected chi connectivity index (χ2v) is 4.49. The molecule has 0 fully saturated rings. The standard InChI is InChI=1S/C12H18N4O2/c1-8-11-12(15-9(2)14-8)16(7-13-11)4-3-10(5-17)6-18/h7,10,17-18H,3-6H2,1-2H3. The van der Waals surface area contributed by atoms with Crippen LogP contribution < -0.4 is 0 Å². The van der Waals surface area contributed by atoms with E-state index < -0.39 is 0 Å². The summed E-state index contributed by atoms with van der Waals surface area (Å²) in [4.78, 5) is 13.0. The highest BCUT2D eigenvalue weighted by Gasteiger charge is 2.11. The smallest absolute Gasteiger partial charge is 0.163 e. The quantitative estimate of drug-likeness (QED) is 0.804. The van der Waals surface area contributed by atoms with Crippen molar-refractivity contribution in [1.29, 1.82) is 0 Å². The van der Waals surface area contributed by atoms with Gasteiger partial charge in [-0.25, -0.2) is 15.0 Å². The van der Waals surface area contributed by atoms with Gasteiger partial charge in [-0.15, -0.1) is 0 Å². The lowest BCUT2D eigenvalue weighted by Crippen LogP contribution is -2.14. The molecule has 6 nitrogen and oxygen atoms in total. The van der Waals surface area contributed by atoms with Crippen molar-refractivity contribution < 1.29 is 10.2 Å². The Balaban J connectivity index is 2.24. The van der Waals surface area contributed by atoms with Gasteiger partial charge in [0.25, 0.3) is 0 Å². The predicted molar refractivity (Wildman–Crippen MR) is 67.1 cm³/mol. The van der Waals surface area contributed by atoms with Crippen LogP contribution >= 0.6 is 0 Å². The molecule has 0 saturated heterocycles. The van der Waals surface area contributed by atoms with Crippen LogP contribution in [0.15, 0.2) is 6.33 Å². The van der Waals surface area contributed by atoms with Crippen LogP contribution in [0, 0.1) is 19.8 Å². The Morgan fingerprint density at radius 2 is 1.94 bits per heavy atom. The van der Waals surface area contributed by atoms with Gasteiger partial charge in [-0.1, -0.05) is 0 Å². The molecule has 18 heavy (non-hydrogen) atoms. The van der Waals surface area contributed by atoms with Crippen LogP contribution in [-0.2, 0) is 6.54 Å². The van der Waals surface area contributed by atoms with Gasteiger partial charge in [0, 0.05) is 25.7 Å². The van der Waals surface area contributed by atoms with Gasteiger partial charge in [-0.3, -0.25) is 0 Å². The average molecular weight is 250 g/mol. The summed E-state index contributed by atoms with van der Waals surface area (Å²) in [6, 6.07) is 0. The van der Waals surface area contributed by atoms with E-state index in [9.17, 15) is 0 Å². The van der Waals surface area contributed by atoms with E-state index in [2.05, 4.69) is 15.0 Å². The van der Waals surface area contributed by atoms with Gasteiger partial charge >= 0.3 is 0 Å². The Morgan fingerprint density at radius 3 is 2.61 bits per heavy atom. The molecule has 0 radical (unpaired) electrons. The zero-order valence-electron chi connectivity index (χ0n) is 10.7. The van der Waals surface area contributed by atoms with Crippen molar-refractivity contribution in [2.75, 3.05) is 13.2 Å². The topological polar surface area (TPSA) is 84.1 Å². The third kappa shape index (κ3) is 2.49. The van der Waals surface area contributed by atoms with E-state index in [1.54, 1.807) is 6.33 Å². The van der Waals surface area contributed by atoms with Crippen molar-refractivity contribution in [2.24, 2.45) is 5.92 Å². The molecule has 0 aliphatic carbocycles. The minimum absolute atomic E-state index is 0.00380. The first-order chi connectivity index (χ1) is 8.65. The SMILES string of the molecule is Cc1nc(C)c2ncn(CCC(CO)CO)c2n1. The Kier molecular flexibility index (Phi) is 3.88. The number of imidazole rings is 1. The first kappa shape index (κ1) is 12.9. The largest absolute Gasteiger partial charge is 0.396 e. The Labute approximate surface area is 105 Å². The van der Waals surface area contributed by atoms with Gasteiger partial charge in [0.1, 0.15) is 11.3 Å². The summed E-state index contributed by atoms with van der Waals surface area (Å²) < 4.78 is 1.94. The molecule has 2 heterocycles. The fourth-order valence-electron chi connectivity index (χ4n) is 1.95. The highest BCUT2D eigenvalue weighted by atomic mass is 16.3. The molecule has 0 aliphatic heterocycles. The maximum absolute atomic E-state index is 9.05. The molecule has 2 rings (SSSR count). The van der Waals surface area contributed by atoms with Crippen LogP contribution in [0.3, 0.4) is 0 Å². The number of rotatable bonds is 5. The van der Waals surface area contributed by atoms with Crippen LogP contribution in [0.5, 0.6) is 0 Å². The average Bonchev–Trinajstić information content (AvgIpc) is 2.74. The van der Waals surface area contributed by atoms with E-state index in [1.807, 2.05) is 18.4 Å². The monoisotopic (exact) mass is 250 g/mol. The number of aryl methyl sites for hydroxylation is 3. The lowest BCUT2D eigenvalue weighted by Gasteiger charge is -2.11. The van der Waals surface area contributed by atoms with E-state index in [0.29, 0.717) is 13.0 Å². The molecule has 2 aromatic rings. The van der Waals surface area contributed by atoms with Crippen LogP contribution in [0.4, 0.5) is 0 Å². The van der Waals surface area contributed by atoms with E-state index >= 15 is 0 Å². The highest BCUT2D eigenvalue weighted by Crippen LogP contribution is 2.15. The van der Waals surface area contributed by atoms with Crippen LogP contribution in [0.2, 0.25) is 0 Å². The van der Waals surface area contributed by atoms with Gasteiger partial charge < -0.3 is 14.8 Å². The second-order valence-electron chi connectivity index (χ2n) is 4.49. The Hall–Kier alpha value is -1.53. The minimum Gasteiger partial charge on any atom is -0.396 e. The van der Waals surface area contributed by atoms with E-state index in [0.717, 1.165) is 22.7 Å². The summed E-state index contributed by atoms with van der Waals surface area (Å²) in [5.74, 6) is 0.633. The Morgan fingerprint density at radius 1 is 1.22 bits per heavy atom. The molecule has 0 bridgehead atoms. The van der Waals surface area contributed by atoms with Crippen molar-refractivity contribution in [2.45, 2.75) is 26.8 Å². The van der Waals surface area contributed by atoms with E-state index in [4.69, 9.17) is 10.2 Å². The molecular weight excluding hydrogens is 232 g/mol. The third-order valence-electron chi connectivity index (χ3n) is 3.04. The van der Waals surface area contributed by atoms with Gasteiger partial charge in [-0.05, 0) is 20.3 Å². The van der Waals surface area contributed by atoms with E-state index in [-0.39, 0.29) is 19.1 Å². The Bertz CT molecular complexity index is 534. The summed E-state index contributed by atoms with van der Waals surface area (Å²) in [6.45, 7) is 4.44. The molecule has 0 atom stereocenters. The van der Waals surface area contributed by atoms with Gasteiger partial charge in [0.2, 0.25) is 0 Å². The zero-order chi connectivity index (χ0) is 13.1. The lowest BCUT2D eigenvalue weighted by atomic mass is 10.1. The first-order valence-corrected chi connectivity index (χ1v) is 6.03. The lowest BCUT2D eigenvalue weighted by molar-refractivity contribution is 0.140. The third-order valence-corrected chi connectivity index (χ3v) is 3.04. The molecule has 0 spiro atoms. The highest BCUT2D eigenvalue weighted by molar-refractivity contribution is 5.73. The van der Waals surface area contributed by atoms with Gasteiger partial charge in [0.05, 0.1) is 12.0 Å². The van der Waals surface area contributed by atoms with E-state index in [1.165, 1.54) is 0 Å². The normalized spacial score (nSPS) is 11.6. The molecule has 0 aliphatic rings. The number of hydrogen-bond acceptors (Lipinski definition) is 5. The van der Waals surface area contributed by atoms with Crippen LogP contribution in [0.1, 0.15) is 17.9 Å². The number of aromatic nitrogens is 4. The molecule has 0 unspecified atom stereocenters. The molecule has 0 saturated carbocycles. The van der Waals surface area contributed by atoms with Gasteiger partial charge in [-0.2, -0.15) is 0 Å². The summed E-state index contributed by atoms with van der Waals surface area (Å²) in [7, 11) is 0. The maximum atomic E-state index is 9.05. The fraction of sp³-hybridized carbons (Fsp3) is 0.583. The molecule has 2 aromatic heterocycles. The summed E-state index contributed by atoms with van der Waals surface area (Å²) in [5, 5.41) is 18.1. The number of fused-ring (bicyclic) bond motifs is 1. The predicted octanol–water partition coefficient (Wildman–Crippen LogP) is 0.434. The molecule has 0 amide bonds. The first-order valence-electron chi connectivity index (χ1n) is 6.03. The van der Waals surface area contributed by atoms with Crippen molar-refractivity contribution in [3.63, 3.8) is 0 Å². The fourth-order valence-corrected chi connectivity index (χ4v) is 1.95. The maximum Gasteiger partial charge on any atom is 0.163 e. The van der Waals surface area contributed by atoms with Gasteiger partial charge in [0.15, 0.2) is 5.65 Å². The number of nitrogens with zero attached hydrogens (tertiary/aromatic N) is 4. The summed E-state index contributed by atoms with van der Waals surface area (Å²) >= 11 is 0. The van der Waals surface area contributed by atoms with Crippen molar-refractivity contribution in [3.05, 3.63) is 17.8 Å². The molecular formula is C12H18N4O2. The molecule has 0 aromatic carbocycles. The van der Waals surface area contributed by atoms with Crippen molar-refractivity contribution >= 4 is 11.2 Å². The molecule has 6 heteroatoms. The zero-order valence-corrected chi connectivity index (χ0v) is 10.7. The number of aliphatic hydroxyl groups excluding tert-OH is 2. The van der Waals surface area contributed by atoms with Crippen molar-refractivity contribution in [3.8, 4) is 0 Å². The summed E-state index contributed by atoms with van der Waals surface area (Å²) in [6.07, 6.45) is 2.43. The van der Waals surface area contributed by atoms with Crippen molar-refractivity contribution in [1.82, 2.24) is 19.5 Å². The molecule has 2 N–H and O–H groups in total. The summed E-state index contributed by atoms with van der Waals surface area (Å²) in [5.41, 5.74) is 2.50. The molecule has 98 valence electrons. The van der Waals surface area contributed by atoms with Crippen LogP contribution in [-0.4, -0.2) is 42.9 Å². The van der Waals surface area contributed by atoms with Crippen LogP contribution in [0.25, 0.3) is 11.2 Å². The second kappa shape index (κ2) is 5.41. The minimum atomic E-state index is -0.0912. The number of hydrogen-bond donors (Lipinski definition) is 2. The number of aliphatic hydroxyl groups is 2.